The van der Waals surface area contributed by atoms with Crippen molar-refractivity contribution in [1.29, 1.82) is 0 Å². The van der Waals surface area contributed by atoms with Crippen LogP contribution in [-0.4, -0.2) is 14.0 Å². The molecule has 0 aliphatic rings. The second kappa shape index (κ2) is 4.64. The van der Waals surface area contributed by atoms with E-state index in [1.165, 1.54) is 0 Å². The first-order valence-electron chi connectivity index (χ1n) is 0.832. The highest BCUT2D eigenvalue weighted by atomic mass is 127. The average Bonchev–Trinajstić information content (AvgIpc) is 1.36. The Kier molecular flexibility index (Phi) is 6.94. The molecule has 0 radical (unpaired) electrons. The third-order valence-electron chi connectivity index (χ3n) is 0. The maximum absolute atomic E-state index is 8.73. The van der Waals surface area contributed by atoms with Gasteiger partial charge in [-0.05, 0) is 0 Å². The predicted octanol–water partition coefficient (Wildman–Crippen LogP) is -7.10. The van der Waals surface area contributed by atoms with Crippen molar-refractivity contribution in [2.45, 2.75) is 0 Å². The van der Waals surface area contributed by atoms with E-state index in [0.717, 1.165) is 0 Å². The van der Waals surface area contributed by atoms with Crippen LogP contribution in [0.15, 0.2) is 0 Å². The van der Waals surface area contributed by atoms with Gasteiger partial charge in [-0.25, -0.2) is 0 Å². The zero-order chi connectivity index (χ0) is 6.50. The minimum atomic E-state index is -5.69. The molecule has 7 heteroatoms. The molecule has 0 spiro atoms. The predicted molar refractivity (Wildman–Crippen MR) is 7.48 cm³/mol. The van der Waals surface area contributed by atoms with Gasteiger partial charge in [-0.15, -0.1) is 0 Å². The van der Waals surface area contributed by atoms with Crippen molar-refractivity contribution < 1.29 is 44.4 Å². The van der Waals surface area contributed by atoms with E-state index >= 15 is 0 Å². The molecule has 0 rings (SSSR count). The standard InChI is InChI=1S/HIO4.H2O2/c2-1(3,4)5;1-2/h2H;1-2H. The first-order valence-corrected chi connectivity index (χ1v) is 4.44. The Bertz CT molecular complexity index is 19.7. The summed E-state index contributed by atoms with van der Waals surface area (Å²) in [6.07, 6.45) is 0. The average molecular weight is 226 g/mol. The van der Waals surface area contributed by atoms with Crippen LogP contribution >= 0.6 is 0 Å². The lowest BCUT2D eigenvalue weighted by Gasteiger charge is -1.93. The van der Waals surface area contributed by atoms with Crippen LogP contribution in [0.4, 0.5) is 0 Å². The molecule has 0 atom stereocenters. The summed E-state index contributed by atoms with van der Waals surface area (Å²) in [4.78, 5) is 0. The molecule has 0 aliphatic carbocycles. The molecule has 7 heavy (non-hydrogen) atoms. The smallest absolute Gasteiger partial charge is 0.256 e. The van der Waals surface area contributed by atoms with Crippen molar-refractivity contribution in [3.8, 4) is 0 Å². The highest BCUT2D eigenvalue weighted by molar-refractivity contribution is 2.15. The minimum absolute atomic E-state index is 5.69. The zero-order valence-electron chi connectivity index (χ0n) is 2.94. The van der Waals surface area contributed by atoms with Gasteiger partial charge in [0.15, 0.2) is 0 Å². The second-order valence-electron chi connectivity index (χ2n) is 0.396. The van der Waals surface area contributed by atoms with Gasteiger partial charge in [0.05, 0.1) is 0 Å². The summed E-state index contributed by atoms with van der Waals surface area (Å²) in [5, 5.41) is 12.0. The first-order chi connectivity index (χ1) is 3.00. The van der Waals surface area contributed by atoms with Gasteiger partial charge < -0.3 is 0 Å². The van der Waals surface area contributed by atoms with Crippen LogP contribution in [-0.2, 0) is 0 Å². The van der Waals surface area contributed by atoms with E-state index in [2.05, 4.69) is 0 Å². The van der Waals surface area contributed by atoms with Gasteiger partial charge in [0.1, 0.15) is 0 Å². The van der Waals surface area contributed by atoms with Crippen LogP contribution in [0.3, 0.4) is 0 Å². The van der Waals surface area contributed by atoms with Gasteiger partial charge in [-0.3, -0.25) is 20.8 Å². The van der Waals surface area contributed by atoms with Crippen LogP contribution in [0, 0.1) is 0 Å². The molecule has 0 bridgehead atoms. The molecular weight excluding hydrogens is 223 g/mol. The summed E-state index contributed by atoms with van der Waals surface area (Å²) in [6, 6.07) is 0. The molecular formula is H3IO6. The lowest BCUT2D eigenvalue weighted by atomic mass is 15.0. The van der Waals surface area contributed by atoms with Gasteiger partial charge >= 0.3 is 20.1 Å². The summed E-state index contributed by atoms with van der Waals surface area (Å²) in [7, 11) is 0. The Hall–Kier alpha value is 0.490. The van der Waals surface area contributed by atoms with Crippen LogP contribution in [0.1, 0.15) is 0 Å². The highest BCUT2D eigenvalue weighted by Gasteiger charge is 2.11. The fraction of sp³-hybridized carbons (Fsp3) is 0. The van der Waals surface area contributed by atoms with Crippen LogP contribution < -0.4 is 30.4 Å². The highest BCUT2D eigenvalue weighted by Crippen LogP contribution is 0.711. The topological polar surface area (TPSA) is 130 Å². The number of halogens is 1. The molecule has 46 valence electrons. The summed E-state index contributed by atoms with van der Waals surface area (Å²) >= 11 is -5.69. The number of rotatable bonds is 0. The molecule has 0 heterocycles. The lowest BCUT2D eigenvalue weighted by molar-refractivity contribution is -1.92. The van der Waals surface area contributed by atoms with Gasteiger partial charge in [-0.2, -0.15) is 0 Å². The summed E-state index contributed by atoms with van der Waals surface area (Å²) < 4.78 is 33.2. The Morgan fingerprint density at radius 1 is 1.00 bits per heavy atom. The van der Waals surface area contributed by atoms with Gasteiger partial charge in [0.25, 0.3) is 0 Å². The SMILES string of the molecule is OO.[O-][I+3]([O-])([O-])O. The maximum Gasteiger partial charge on any atom is 0.368 e. The molecule has 0 amide bonds. The van der Waals surface area contributed by atoms with Crippen molar-refractivity contribution in [1.82, 2.24) is 0 Å². The van der Waals surface area contributed by atoms with Crippen molar-refractivity contribution in [3.05, 3.63) is 0 Å². The maximum atomic E-state index is 8.73. The molecule has 0 unspecified atom stereocenters. The van der Waals surface area contributed by atoms with Crippen molar-refractivity contribution in [2.75, 3.05) is 0 Å². The summed E-state index contributed by atoms with van der Waals surface area (Å²) in [5.41, 5.74) is 0. The largest absolute Gasteiger partial charge is 0.368 e. The molecule has 0 saturated carbocycles. The molecule has 0 aliphatic heterocycles. The minimum Gasteiger partial charge on any atom is -0.256 e. The molecule has 0 aromatic heterocycles. The monoisotopic (exact) mass is 226 g/mol. The van der Waals surface area contributed by atoms with Crippen LogP contribution in [0.25, 0.3) is 0 Å². The normalized spacial score (nSPS) is 9.43. The fourth-order valence-electron chi connectivity index (χ4n) is 0. The van der Waals surface area contributed by atoms with Gasteiger partial charge in [-0.1, -0.05) is 0 Å². The van der Waals surface area contributed by atoms with Gasteiger partial charge in [0, 0.05) is 3.44 Å². The lowest BCUT2D eigenvalue weighted by Crippen LogP contribution is -4.23. The van der Waals surface area contributed by atoms with Crippen LogP contribution in [0.5, 0.6) is 0 Å². The molecule has 0 saturated heterocycles. The molecule has 0 aromatic carbocycles. The quantitative estimate of drug-likeness (QED) is 0.214. The van der Waals surface area contributed by atoms with E-state index in [9.17, 15) is 0 Å². The summed E-state index contributed by atoms with van der Waals surface area (Å²) in [6.45, 7) is 0. The van der Waals surface area contributed by atoms with E-state index in [0.29, 0.717) is 0 Å². The van der Waals surface area contributed by atoms with E-state index in [1.807, 2.05) is 0 Å². The third-order valence-corrected chi connectivity index (χ3v) is 0. The van der Waals surface area contributed by atoms with Crippen molar-refractivity contribution >= 4 is 0 Å². The second-order valence-corrected chi connectivity index (χ2v) is 2.66. The number of hydrogen-bond donors (Lipinski definition) is 3. The Morgan fingerprint density at radius 3 is 1.00 bits per heavy atom. The fourth-order valence-corrected chi connectivity index (χ4v) is 0. The molecule has 0 fully saturated rings. The molecule has 6 nitrogen and oxygen atoms in total. The van der Waals surface area contributed by atoms with E-state index in [-0.39, 0.29) is 0 Å². The number of hydrogen-bond acceptors (Lipinski definition) is 6. The Balaban J connectivity index is 0. The molecule has 0 aromatic rings. The summed E-state index contributed by atoms with van der Waals surface area (Å²) in [5.74, 6) is 0. The van der Waals surface area contributed by atoms with E-state index < -0.39 is 20.1 Å². The van der Waals surface area contributed by atoms with Crippen molar-refractivity contribution in [2.24, 2.45) is 0 Å². The zero-order valence-corrected chi connectivity index (χ0v) is 5.10. The van der Waals surface area contributed by atoms with Gasteiger partial charge in [0.2, 0.25) is 0 Å². The molecule has 3 N–H and O–H groups in total. The first kappa shape index (κ1) is 10.5. The van der Waals surface area contributed by atoms with E-state index in [1.54, 1.807) is 0 Å². The third kappa shape index (κ3) is 545. The van der Waals surface area contributed by atoms with Crippen LogP contribution in [0.2, 0.25) is 0 Å². The Labute approximate surface area is 44.9 Å². The van der Waals surface area contributed by atoms with Crippen molar-refractivity contribution in [3.63, 3.8) is 0 Å². The van der Waals surface area contributed by atoms with E-state index in [4.69, 9.17) is 24.3 Å². The Morgan fingerprint density at radius 2 is 1.00 bits per heavy atom.